The Bertz CT molecular complexity index is 379. The number of hydrogen-bond donors (Lipinski definition) is 1. The highest BCUT2D eigenvalue weighted by atomic mass is 79.9. The molecule has 0 unspecified atom stereocenters. The molecule has 1 aromatic heterocycles. The van der Waals surface area contributed by atoms with Gasteiger partial charge in [-0.25, -0.2) is 0 Å². The van der Waals surface area contributed by atoms with Crippen LogP contribution in [0.2, 0.25) is 0 Å². The standard InChI is InChI=1S/C13H19BrN2S/c1-13(2,10-15)7-3-8-16-9-6-11-4-5-12(14)17-11/h4-5,16H,3,6-9H2,1-2H3. The summed E-state index contributed by atoms with van der Waals surface area (Å²) in [6, 6.07) is 6.58. The Hall–Kier alpha value is -0.370. The Morgan fingerprint density at radius 2 is 2.18 bits per heavy atom. The molecule has 17 heavy (non-hydrogen) atoms. The Balaban J connectivity index is 2.04. The molecule has 1 N–H and O–H groups in total. The summed E-state index contributed by atoms with van der Waals surface area (Å²) in [6.07, 6.45) is 3.10. The van der Waals surface area contributed by atoms with E-state index in [1.54, 1.807) is 11.3 Å². The van der Waals surface area contributed by atoms with Crippen molar-refractivity contribution < 1.29 is 0 Å². The summed E-state index contributed by atoms with van der Waals surface area (Å²) in [7, 11) is 0. The summed E-state index contributed by atoms with van der Waals surface area (Å²) in [6.45, 7) is 6.00. The van der Waals surface area contributed by atoms with Crippen LogP contribution in [-0.2, 0) is 6.42 Å². The van der Waals surface area contributed by atoms with Crippen molar-refractivity contribution in [1.82, 2.24) is 5.32 Å². The predicted molar refractivity (Wildman–Crippen MR) is 77.2 cm³/mol. The van der Waals surface area contributed by atoms with Gasteiger partial charge in [0.25, 0.3) is 0 Å². The second kappa shape index (κ2) is 7.15. The van der Waals surface area contributed by atoms with E-state index >= 15 is 0 Å². The number of hydrogen-bond acceptors (Lipinski definition) is 3. The molecule has 0 bridgehead atoms. The fourth-order valence-corrected chi connectivity index (χ4v) is 3.02. The van der Waals surface area contributed by atoms with Gasteiger partial charge >= 0.3 is 0 Å². The van der Waals surface area contributed by atoms with Crippen molar-refractivity contribution in [2.75, 3.05) is 13.1 Å². The third-order valence-corrected chi connectivity index (χ3v) is 4.32. The van der Waals surface area contributed by atoms with Crippen LogP contribution in [0, 0.1) is 16.7 Å². The van der Waals surface area contributed by atoms with Gasteiger partial charge in [-0.05, 0) is 74.3 Å². The zero-order valence-electron chi connectivity index (χ0n) is 10.4. The molecule has 94 valence electrons. The van der Waals surface area contributed by atoms with E-state index < -0.39 is 0 Å². The molecular weight excluding hydrogens is 296 g/mol. The first kappa shape index (κ1) is 14.7. The molecule has 0 aliphatic rings. The zero-order valence-corrected chi connectivity index (χ0v) is 12.8. The highest BCUT2D eigenvalue weighted by molar-refractivity contribution is 9.11. The van der Waals surface area contributed by atoms with Gasteiger partial charge in [0.05, 0.1) is 15.3 Å². The summed E-state index contributed by atoms with van der Waals surface area (Å²) in [5, 5.41) is 12.3. The summed E-state index contributed by atoms with van der Waals surface area (Å²) < 4.78 is 1.20. The molecule has 0 saturated heterocycles. The fourth-order valence-electron chi connectivity index (χ4n) is 1.53. The molecule has 1 heterocycles. The average Bonchev–Trinajstić information content (AvgIpc) is 2.69. The maximum atomic E-state index is 8.87. The zero-order chi connectivity index (χ0) is 12.7. The highest BCUT2D eigenvalue weighted by Gasteiger charge is 2.15. The Labute approximate surface area is 116 Å². The second-order valence-electron chi connectivity index (χ2n) is 4.81. The van der Waals surface area contributed by atoms with Gasteiger partial charge in [0.1, 0.15) is 0 Å². The van der Waals surface area contributed by atoms with E-state index in [1.807, 2.05) is 13.8 Å². The van der Waals surface area contributed by atoms with E-state index in [4.69, 9.17) is 5.26 Å². The lowest BCUT2D eigenvalue weighted by molar-refractivity contribution is 0.426. The first-order valence-corrected chi connectivity index (χ1v) is 7.51. The molecule has 0 spiro atoms. The fraction of sp³-hybridized carbons (Fsp3) is 0.615. The molecule has 2 nitrogen and oxygen atoms in total. The van der Waals surface area contributed by atoms with Crippen LogP contribution in [0.4, 0.5) is 0 Å². The normalized spacial score (nSPS) is 11.4. The molecule has 0 aliphatic carbocycles. The van der Waals surface area contributed by atoms with E-state index in [2.05, 4.69) is 39.4 Å². The molecule has 1 rings (SSSR count). The summed E-state index contributed by atoms with van der Waals surface area (Å²) in [5.74, 6) is 0. The van der Waals surface area contributed by atoms with Gasteiger partial charge in [0.2, 0.25) is 0 Å². The van der Waals surface area contributed by atoms with Gasteiger partial charge < -0.3 is 5.32 Å². The number of thiophene rings is 1. The lowest BCUT2D eigenvalue weighted by Gasteiger charge is -2.14. The Morgan fingerprint density at radius 3 is 2.76 bits per heavy atom. The monoisotopic (exact) mass is 314 g/mol. The van der Waals surface area contributed by atoms with Gasteiger partial charge in [-0.2, -0.15) is 5.26 Å². The average molecular weight is 315 g/mol. The van der Waals surface area contributed by atoms with E-state index in [9.17, 15) is 0 Å². The molecule has 0 fully saturated rings. The van der Waals surface area contributed by atoms with Crippen molar-refractivity contribution >= 4 is 27.3 Å². The molecule has 0 aliphatic heterocycles. The van der Waals surface area contributed by atoms with Crippen LogP contribution in [0.3, 0.4) is 0 Å². The first-order chi connectivity index (χ1) is 8.03. The first-order valence-electron chi connectivity index (χ1n) is 5.90. The summed E-state index contributed by atoms with van der Waals surface area (Å²) >= 11 is 5.26. The Morgan fingerprint density at radius 1 is 1.41 bits per heavy atom. The van der Waals surface area contributed by atoms with Crippen molar-refractivity contribution in [1.29, 1.82) is 5.26 Å². The van der Waals surface area contributed by atoms with Crippen LogP contribution in [0.1, 0.15) is 31.6 Å². The van der Waals surface area contributed by atoms with E-state index in [0.29, 0.717) is 0 Å². The lowest BCUT2D eigenvalue weighted by atomic mass is 9.90. The van der Waals surface area contributed by atoms with Gasteiger partial charge in [0.15, 0.2) is 0 Å². The van der Waals surface area contributed by atoms with E-state index in [0.717, 1.165) is 32.4 Å². The van der Waals surface area contributed by atoms with Gasteiger partial charge in [-0.15, -0.1) is 11.3 Å². The molecule has 4 heteroatoms. The topological polar surface area (TPSA) is 35.8 Å². The predicted octanol–water partition coefficient (Wildman–Crippen LogP) is 3.97. The minimum Gasteiger partial charge on any atom is -0.316 e. The SMILES string of the molecule is CC(C)(C#N)CCCNCCc1ccc(Br)s1. The summed E-state index contributed by atoms with van der Waals surface area (Å²) in [5.41, 5.74) is -0.180. The smallest absolute Gasteiger partial charge is 0.0701 e. The third kappa shape index (κ3) is 6.21. The van der Waals surface area contributed by atoms with Crippen LogP contribution >= 0.6 is 27.3 Å². The molecule has 0 amide bonds. The highest BCUT2D eigenvalue weighted by Crippen LogP contribution is 2.22. The molecule has 0 atom stereocenters. The number of rotatable bonds is 7. The quantitative estimate of drug-likeness (QED) is 0.773. The van der Waals surface area contributed by atoms with Gasteiger partial charge in [-0.1, -0.05) is 0 Å². The second-order valence-corrected chi connectivity index (χ2v) is 7.35. The van der Waals surface area contributed by atoms with Gasteiger partial charge in [-0.3, -0.25) is 0 Å². The van der Waals surface area contributed by atoms with Crippen LogP contribution < -0.4 is 5.32 Å². The van der Waals surface area contributed by atoms with Crippen molar-refractivity contribution in [3.8, 4) is 6.07 Å². The molecule has 0 radical (unpaired) electrons. The molecule has 0 aromatic carbocycles. The number of halogens is 1. The van der Waals surface area contributed by atoms with Crippen LogP contribution in [0.15, 0.2) is 15.9 Å². The number of nitrogens with one attached hydrogen (secondary N) is 1. The maximum Gasteiger partial charge on any atom is 0.0701 e. The minimum absolute atomic E-state index is 0.180. The number of nitriles is 1. The largest absolute Gasteiger partial charge is 0.316 e. The Kier molecular flexibility index (Phi) is 6.18. The summed E-state index contributed by atoms with van der Waals surface area (Å²) in [4.78, 5) is 1.40. The van der Waals surface area contributed by atoms with E-state index in [1.165, 1.54) is 8.66 Å². The minimum atomic E-state index is -0.180. The molecule has 1 aromatic rings. The van der Waals surface area contributed by atoms with Crippen molar-refractivity contribution in [3.63, 3.8) is 0 Å². The van der Waals surface area contributed by atoms with Gasteiger partial charge in [0, 0.05) is 4.88 Å². The third-order valence-electron chi connectivity index (χ3n) is 2.64. The molecular formula is C13H19BrN2S. The van der Waals surface area contributed by atoms with Crippen LogP contribution in [0.25, 0.3) is 0 Å². The van der Waals surface area contributed by atoms with E-state index in [-0.39, 0.29) is 5.41 Å². The van der Waals surface area contributed by atoms with Crippen LogP contribution in [0.5, 0.6) is 0 Å². The molecule has 0 saturated carbocycles. The van der Waals surface area contributed by atoms with Crippen molar-refractivity contribution in [3.05, 3.63) is 20.8 Å². The van der Waals surface area contributed by atoms with Crippen molar-refractivity contribution in [2.45, 2.75) is 33.1 Å². The number of nitrogens with zero attached hydrogens (tertiary/aromatic N) is 1. The lowest BCUT2D eigenvalue weighted by Crippen LogP contribution is -2.20. The maximum absolute atomic E-state index is 8.87. The van der Waals surface area contributed by atoms with Crippen molar-refractivity contribution in [2.24, 2.45) is 5.41 Å². The van der Waals surface area contributed by atoms with Crippen LogP contribution in [-0.4, -0.2) is 13.1 Å².